The number of hydrogen-bond acceptors (Lipinski definition) is 4. The van der Waals surface area contributed by atoms with Crippen molar-refractivity contribution in [3.8, 4) is 0 Å². The third-order valence-electron chi connectivity index (χ3n) is 6.77. The van der Waals surface area contributed by atoms with E-state index in [1.165, 1.54) is 89.9 Å². The van der Waals surface area contributed by atoms with Gasteiger partial charge in [0.25, 0.3) is 0 Å². The van der Waals surface area contributed by atoms with Gasteiger partial charge in [-0.25, -0.2) is 0 Å². The maximum Gasteiger partial charge on any atom is 1.00 e. The van der Waals surface area contributed by atoms with Gasteiger partial charge in [-0.1, -0.05) is 103 Å². The number of aliphatic carboxylic acids is 1. The van der Waals surface area contributed by atoms with Crippen LogP contribution in [-0.4, -0.2) is 18.5 Å². The second-order valence-electron chi connectivity index (χ2n) is 9.63. The molecule has 0 amide bonds. The van der Waals surface area contributed by atoms with Crippen LogP contribution in [0.25, 0.3) is 0 Å². The summed E-state index contributed by atoms with van der Waals surface area (Å²) in [7, 11) is 0. The van der Waals surface area contributed by atoms with Gasteiger partial charge in [-0.15, -0.1) is 0 Å². The second kappa shape index (κ2) is 23.4. The Morgan fingerprint density at radius 2 is 1.18 bits per heavy atom. The summed E-state index contributed by atoms with van der Waals surface area (Å²) in [5.74, 6) is -2.59. The molecular formula is C28H49NaO4. The average Bonchev–Trinajstić information content (AvgIpc) is 2.80. The maximum atomic E-state index is 12.2. The summed E-state index contributed by atoms with van der Waals surface area (Å²) in [5, 5.41) is 11.2. The normalized spacial score (nSPS) is 18.2. The fraction of sp³-hybridized carbons (Fsp3) is 0.857. The molecule has 0 aromatic heterocycles. The molecule has 0 aliphatic heterocycles. The zero-order valence-corrected chi connectivity index (χ0v) is 23.8. The van der Waals surface area contributed by atoms with Crippen LogP contribution in [0.1, 0.15) is 135 Å². The molecule has 0 heterocycles. The molecule has 0 spiro atoms. The van der Waals surface area contributed by atoms with E-state index in [9.17, 15) is 14.7 Å². The van der Waals surface area contributed by atoms with Crippen molar-refractivity contribution < 1.29 is 49.0 Å². The van der Waals surface area contributed by atoms with Gasteiger partial charge in [0.1, 0.15) is 0 Å². The fourth-order valence-corrected chi connectivity index (χ4v) is 4.68. The molecule has 2 atom stereocenters. The van der Waals surface area contributed by atoms with Gasteiger partial charge in [-0.2, -0.15) is 0 Å². The zero-order chi connectivity index (χ0) is 23.3. The number of carboxylic acids is 1. The first-order chi connectivity index (χ1) is 15.7. The molecule has 2 unspecified atom stereocenters. The predicted molar refractivity (Wildman–Crippen MR) is 130 cm³/mol. The summed E-state index contributed by atoms with van der Waals surface area (Å²) in [5.41, 5.74) is 0. The topological polar surface area (TPSA) is 66.4 Å². The van der Waals surface area contributed by atoms with E-state index in [1.54, 1.807) is 0 Å². The van der Waals surface area contributed by atoms with Crippen molar-refractivity contribution in [2.45, 2.75) is 135 Å². The molecule has 0 bridgehead atoms. The number of carboxylic acid groups (broad SMARTS) is 1. The van der Waals surface area contributed by atoms with E-state index >= 15 is 0 Å². The van der Waals surface area contributed by atoms with E-state index in [0.717, 1.165) is 25.7 Å². The Morgan fingerprint density at radius 1 is 0.727 bits per heavy atom. The minimum Gasteiger partial charge on any atom is -0.550 e. The fourth-order valence-electron chi connectivity index (χ4n) is 4.68. The van der Waals surface area contributed by atoms with E-state index < -0.39 is 17.8 Å². The number of ether oxygens (including phenoxy) is 1. The number of hydrogen-bond donors (Lipinski definition) is 0. The van der Waals surface area contributed by atoms with Crippen molar-refractivity contribution in [1.29, 1.82) is 0 Å². The van der Waals surface area contributed by atoms with Crippen molar-refractivity contribution in [2.24, 2.45) is 11.8 Å². The molecule has 5 heteroatoms. The number of carbonyl (C=O) groups excluding carboxylic acids is 2. The molecule has 1 saturated carbocycles. The van der Waals surface area contributed by atoms with Gasteiger partial charge in [0, 0.05) is 11.9 Å². The van der Waals surface area contributed by atoms with E-state index in [1.807, 2.05) is 0 Å². The Kier molecular flexibility index (Phi) is 23.2. The van der Waals surface area contributed by atoms with Crippen LogP contribution < -0.4 is 34.7 Å². The monoisotopic (exact) mass is 472 g/mol. The molecule has 0 N–H and O–H groups in total. The summed E-state index contributed by atoms with van der Waals surface area (Å²) >= 11 is 0. The smallest absolute Gasteiger partial charge is 0.550 e. The van der Waals surface area contributed by atoms with Crippen LogP contribution in [-0.2, 0) is 14.3 Å². The van der Waals surface area contributed by atoms with E-state index in [-0.39, 0.29) is 35.5 Å². The second-order valence-corrected chi connectivity index (χ2v) is 9.63. The Morgan fingerprint density at radius 3 is 1.70 bits per heavy atom. The van der Waals surface area contributed by atoms with Gasteiger partial charge in [0.15, 0.2) is 0 Å². The van der Waals surface area contributed by atoms with E-state index in [4.69, 9.17) is 4.74 Å². The molecule has 0 saturated heterocycles. The molecule has 1 aliphatic carbocycles. The van der Waals surface area contributed by atoms with Crippen molar-refractivity contribution in [3.63, 3.8) is 0 Å². The molecule has 33 heavy (non-hydrogen) atoms. The SMILES string of the molecule is CCCCCC/C=C/CCCCCCCCCCCCOC(=O)C1CCCCC1C(=O)[O-].[Na+]. The summed E-state index contributed by atoms with van der Waals surface area (Å²) < 4.78 is 5.36. The van der Waals surface area contributed by atoms with Crippen LogP contribution in [0, 0.1) is 11.8 Å². The molecular weight excluding hydrogens is 423 g/mol. The average molecular weight is 473 g/mol. The first-order valence-corrected chi connectivity index (χ1v) is 13.7. The van der Waals surface area contributed by atoms with Gasteiger partial charge in [-0.3, -0.25) is 4.79 Å². The Bertz CT molecular complexity index is 506. The van der Waals surface area contributed by atoms with Gasteiger partial charge in [0.2, 0.25) is 0 Å². The molecule has 1 aliphatic rings. The number of rotatable bonds is 20. The third-order valence-corrected chi connectivity index (χ3v) is 6.77. The summed E-state index contributed by atoms with van der Waals surface area (Å²) in [6.07, 6.45) is 28.0. The quantitative estimate of drug-likeness (QED) is 0.117. The van der Waals surface area contributed by atoms with Crippen LogP contribution in [0.15, 0.2) is 12.2 Å². The van der Waals surface area contributed by atoms with Crippen LogP contribution >= 0.6 is 0 Å². The van der Waals surface area contributed by atoms with E-state index in [0.29, 0.717) is 19.4 Å². The maximum absolute atomic E-state index is 12.2. The zero-order valence-electron chi connectivity index (χ0n) is 21.8. The van der Waals surface area contributed by atoms with Gasteiger partial charge in [0.05, 0.1) is 12.5 Å². The molecule has 4 nitrogen and oxygen atoms in total. The van der Waals surface area contributed by atoms with Crippen molar-refractivity contribution >= 4 is 11.9 Å². The van der Waals surface area contributed by atoms with Crippen molar-refractivity contribution in [2.75, 3.05) is 6.61 Å². The number of carbonyl (C=O) groups is 2. The van der Waals surface area contributed by atoms with Crippen LogP contribution in [0.3, 0.4) is 0 Å². The minimum absolute atomic E-state index is 0. The molecule has 0 aromatic rings. The predicted octanol–water partition coefficient (Wildman–Crippen LogP) is 3.91. The summed E-state index contributed by atoms with van der Waals surface area (Å²) in [6, 6.07) is 0. The van der Waals surface area contributed by atoms with Gasteiger partial charge in [-0.05, 0) is 44.9 Å². The molecule has 186 valence electrons. The molecule has 1 rings (SSSR count). The standard InChI is InChI=1S/C28H50O4.Na/c1-2-3-4-5-6-7-8-9-10-11-12-13-14-15-16-17-18-21-24-32-28(31)26-23-20-19-22-25(26)27(29)30;/h7-8,25-26H,2-6,9-24H2,1H3,(H,29,30);/q;+1/p-1/b8-7+;. The first kappa shape index (κ1) is 32.7. The van der Waals surface area contributed by atoms with Crippen LogP contribution in [0.5, 0.6) is 0 Å². The summed E-state index contributed by atoms with van der Waals surface area (Å²) in [4.78, 5) is 23.4. The third kappa shape index (κ3) is 17.7. The molecule has 0 aromatic carbocycles. The Hall–Kier alpha value is -0.320. The largest absolute Gasteiger partial charge is 1.00 e. The van der Waals surface area contributed by atoms with Gasteiger partial charge >= 0.3 is 35.5 Å². The Labute approximate surface area is 226 Å². The molecule has 0 radical (unpaired) electrons. The van der Waals surface area contributed by atoms with Crippen molar-refractivity contribution in [3.05, 3.63) is 12.2 Å². The van der Waals surface area contributed by atoms with Crippen LogP contribution in [0.2, 0.25) is 0 Å². The first-order valence-electron chi connectivity index (χ1n) is 13.7. The molecule has 1 fully saturated rings. The number of unbranched alkanes of at least 4 members (excludes halogenated alkanes) is 14. The van der Waals surface area contributed by atoms with Gasteiger partial charge < -0.3 is 14.6 Å². The minimum atomic E-state index is -1.10. The Balaban J connectivity index is 0.0000102. The van der Waals surface area contributed by atoms with Crippen molar-refractivity contribution in [1.82, 2.24) is 0 Å². The van der Waals surface area contributed by atoms with Crippen LogP contribution in [0.4, 0.5) is 0 Å². The number of allylic oxidation sites excluding steroid dienone is 2. The number of esters is 1. The summed E-state index contributed by atoms with van der Waals surface area (Å²) in [6.45, 7) is 2.68. The van der Waals surface area contributed by atoms with E-state index in [2.05, 4.69) is 19.1 Å².